The van der Waals surface area contributed by atoms with Crippen LogP contribution >= 0.6 is 7.82 Å². The number of carbonyl (C=O) groups excluding carboxylic acids is 2. The normalized spacial score (nSPS) is 13.4. The van der Waals surface area contributed by atoms with Crippen molar-refractivity contribution in [2.24, 2.45) is 5.73 Å². The third-order valence-electron chi connectivity index (χ3n) is 13.9. The lowest BCUT2D eigenvalue weighted by molar-refractivity contribution is -0.161. The van der Waals surface area contributed by atoms with Crippen molar-refractivity contribution >= 4 is 19.8 Å². The van der Waals surface area contributed by atoms with Crippen LogP contribution in [-0.2, 0) is 32.7 Å². The number of allylic oxidation sites excluding steroid dienone is 10. The second kappa shape index (κ2) is 60.9. The van der Waals surface area contributed by atoms with Gasteiger partial charge in [-0.2, -0.15) is 0 Å². The van der Waals surface area contributed by atoms with E-state index in [0.717, 1.165) is 64.2 Å². The van der Waals surface area contributed by atoms with E-state index in [-0.39, 0.29) is 38.6 Å². The first-order valence-electron chi connectivity index (χ1n) is 31.8. The van der Waals surface area contributed by atoms with E-state index in [1.165, 1.54) is 212 Å². The van der Waals surface area contributed by atoms with Gasteiger partial charge < -0.3 is 20.1 Å². The molecule has 0 aromatic heterocycles. The lowest BCUT2D eigenvalue weighted by Crippen LogP contribution is -2.29. The molecule has 0 heterocycles. The topological polar surface area (TPSA) is 134 Å². The van der Waals surface area contributed by atoms with Gasteiger partial charge in [-0.3, -0.25) is 18.6 Å². The van der Waals surface area contributed by atoms with E-state index in [9.17, 15) is 19.0 Å². The molecule has 10 heteroatoms. The molecule has 2 unspecified atom stereocenters. The van der Waals surface area contributed by atoms with Crippen LogP contribution < -0.4 is 5.73 Å². The quantitative estimate of drug-likeness (QED) is 0.0264. The van der Waals surface area contributed by atoms with Gasteiger partial charge in [0.1, 0.15) is 6.61 Å². The molecule has 3 N–H and O–H groups in total. The predicted molar refractivity (Wildman–Crippen MR) is 321 cm³/mol. The third-order valence-corrected chi connectivity index (χ3v) is 14.9. The maximum Gasteiger partial charge on any atom is 0.472 e. The Kier molecular flexibility index (Phi) is 59.1. The molecule has 438 valence electrons. The van der Waals surface area contributed by atoms with Crippen molar-refractivity contribution in [3.05, 3.63) is 60.8 Å². The number of esters is 2. The predicted octanol–water partition coefficient (Wildman–Crippen LogP) is 20.3. The van der Waals surface area contributed by atoms with Gasteiger partial charge in [0.25, 0.3) is 0 Å². The molecule has 0 radical (unpaired) electrons. The van der Waals surface area contributed by atoms with Crippen LogP contribution in [0.3, 0.4) is 0 Å². The number of phosphoric ester groups is 1. The van der Waals surface area contributed by atoms with Gasteiger partial charge >= 0.3 is 19.8 Å². The first-order chi connectivity index (χ1) is 36.8. The Bertz CT molecular complexity index is 1410. The number of phosphoric acid groups is 1. The van der Waals surface area contributed by atoms with Crippen LogP contribution in [-0.4, -0.2) is 49.3 Å². The minimum absolute atomic E-state index is 0.0523. The van der Waals surface area contributed by atoms with Crippen molar-refractivity contribution < 1.29 is 37.6 Å². The fourth-order valence-electron chi connectivity index (χ4n) is 9.15. The molecule has 9 nitrogen and oxygen atoms in total. The number of carbonyl (C=O) groups is 2. The molecule has 0 aromatic carbocycles. The van der Waals surface area contributed by atoms with Crippen LogP contribution in [0.4, 0.5) is 0 Å². The highest BCUT2D eigenvalue weighted by Crippen LogP contribution is 2.43. The SMILES string of the molecule is CCCCC/C=C\C/C=C\CCCCCCCCCC(=O)OCC(COP(=O)(O)OCCN)OC(=O)CCCCCCCCCCCCCCCCCCCCCCCC/C=C\C/C=C\C/C=C\CCCCCCC. The highest BCUT2D eigenvalue weighted by atomic mass is 31.2. The third kappa shape index (κ3) is 60.8. The van der Waals surface area contributed by atoms with Crippen LogP contribution in [0.5, 0.6) is 0 Å². The molecule has 2 atom stereocenters. The number of rotatable bonds is 60. The van der Waals surface area contributed by atoms with Gasteiger partial charge in [0.05, 0.1) is 13.2 Å². The molecule has 0 amide bonds. The molecular weight excluding hydrogens is 954 g/mol. The van der Waals surface area contributed by atoms with Gasteiger partial charge in [0, 0.05) is 19.4 Å². The molecule has 0 saturated heterocycles. The monoisotopic (exact) mass is 1070 g/mol. The molecule has 0 spiro atoms. The first kappa shape index (κ1) is 72.7. The minimum atomic E-state index is -4.39. The maximum atomic E-state index is 12.7. The number of hydrogen-bond acceptors (Lipinski definition) is 8. The fourth-order valence-corrected chi connectivity index (χ4v) is 9.91. The highest BCUT2D eigenvalue weighted by Gasteiger charge is 2.26. The molecule has 0 aliphatic rings. The van der Waals surface area contributed by atoms with Crippen LogP contribution in [0.1, 0.15) is 309 Å². The van der Waals surface area contributed by atoms with E-state index in [4.69, 9.17) is 24.3 Å². The van der Waals surface area contributed by atoms with Crippen LogP contribution in [0.25, 0.3) is 0 Å². The number of unbranched alkanes of at least 4 members (excludes halogenated alkanes) is 37. The van der Waals surface area contributed by atoms with E-state index in [1.807, 2.05) is 0 Å². The van der Waals surface area contributed by atoms with Gasteiger partial charge in [-0.1, -0.05) is 274 Å². The Morgan fingerprint density at radius 1 is 0.400 bits per heavy atom. The standard InChI is InChI=1S/C65H120NO8P/c1-3-5-7-9-11-13-15-17-19-21-22-23-24-25-26-27-28-29-30-31-32-33-34-35-36-37-38-39-40-42-44-46-48-50-52-54-56-58-65(68)74-63(62-73-75(69,70)72-60-59-66)61-71-64(67)57-55-53-51-49-47-45-43-41-20-18-16-14-12-10-8-6-4-2/h12,14-15,17-18,20-22,24-25,63H,3-11,13,16,19,23,26-62,66H2,1-2H3,(H,69,70)/b14-12-,17-15-,20-18-,22-21-,25-24-. The molecule has 75 heavy (non-hydrogen) atoms. The molecule has 0 aliphatic carbocycles. The largest absolute Gasteiger partial charge is 0.472 e. The summed E-state index contributed by atoms with van der Waals surface area (Å²) in [6.07, 6.45) is 77.3. The average Bonchev–Trinajstić information content (AvgIpc) is 3.40. The first-order valence-corrected chi connectivity index (χ1v) is 33.3. The zero-order chi connectivity index (χ0) is 54.5. The Morgan fingerprint density at radius 3 is 1.05 bits per heavy atom. The molecule has 0 aliphatic heterocycles. The molecule has 0 aromatic rings. The average molecular weight is 1070 g/mol. The van der Waals surface area contributed by atoms with Crippen molar-refractivity contribution in [3.8, 4) is 0 Å². The second-order valence-corrected chi connectivity index (χ2v) is 22.7. The van der Waals surface area contributed by atoms with E-state index in [0.29, 0.717) is 6.42 Å². The van der Waals surface area contributed by atoms with Gasteiger partial charge in [0.2, 0.25) is 0 Å². The Balaban J connectivity index is 3.82. The minimum Gasteiger partial charge on any atom is -0.462 e. The summed E-state index contributed by atoms with van der Waals surface area (Å²) in [6, 6.07) is 0. The summed E-state index contributed by atoms with van der Waals surface area (Å²) in [7, 11) is -4.39. The number of hydrogen-bond donors (Lipinski definition) is 2. The van der Waals surface area contributed by atoms with E-state index in [2.05, 4.69) is 74.6 Å². The zero-order valence-corrected chi connectivity index (χ0v) is 49.9. The van der Waals surface area contributed by atoms with Crippen LogP contribution in [0.2, 0.25) is 0 Å². The Hall–Kier alpha value is -2.29. The van der Waals surface area contributed by atoms with E-state index < -0.39 is 26.5 Å². The van der Waals surface area contributed by atoms with Gasteiger partial charge in [-0.25, -0.2) is 4.57 Å². The maximum absolute atomic E-state index is 12.7. The Morgan fingerprint density at radius 2 is 0.693 bits per heavy atom. The van der Waals surface area contributed by atoms with Gasteiger partial charge in [0.15, 0.2) is 6.10 Å². The summed E-state index contributed by atoms with van der Waals surface area (Å²) in [5.74, 6) is -0.826. The Labute approximate surface area is 463 Å². The summed E-state index contributed by atoms with van der Waals surface area (Å²) in [5, 5.41) is 0. The zero-order valence-electron chi connectivity index (χ0n) is 49.0. The van der Waals surface area contributed by atoms with Gasteiger partial charge in [-0.15, -0.1) is 0 Å². The second-order valence-electron chi connectivity index (χ2n) is 21.3. The molecule has 0 bridgehead atoms. The van der Waals surface area contributed by atoms with Crippen LogP contribution in [0, 0.1) is 0 Å². The number of nitrogens with two attached hydrogens (primary N) is 1. The van der Waals surface area contributed by atoms with Crippen molar-refractivity contribution in [3.63, 3.8) is 0 Å². The van der Waals surface area contributed by atoms with E-state index >= 15 is 0 Å². The molecule has 0 saturated carbocycles. The lowest BCUT2D eigenvalue weighted by Gasteiger charge is -2.19. The van der Waals surface area contributed by atoms with Crippen molar-refractivity contribution in [2.45, 2.75) is 315 Å². The summed E-state index contributed by atoms with van der Waals surface area (Å²) in [5.41, 5.74) is 5.38. The molecular formula is C65H120NO8P. The summed E-state index contributed by atoms with van der Waals surface area (Å²) < 4.78 is 33.1. The molecule has 0 rings (SSSR count). The molecule has 0 fully saturated rings. The number of ether oxygens (including phenoxy) is 2. The van der Waals surface area contributed by atoms with E-state index in [1.54, 1.807) is 0 Å². The summed E-state index contributed by atoms with van der Waals surface area (Å²) >= 11 is 0. The lowest BCUT2D eigenvalue weighted by atomic mass is 10.0. The summed E-state index contributed by atoms with van der Waals surface area (Å²) in [6.45, 7) is 3.73. The van der Waals surface area contributed by atoms with Crippen molar-refractivity contribution in [2.75, 3.05) is 26.4 Å². The fraction of sp³-hybridized carbons (Fsp3) is 0.815. The highest BCUT2D eigenvalue weighted by molar-refractivity contribution is 7.47. The van der Waals surface area contributed by atoms with Crippen molar-refractivity contribution in [1.29, 1.82) is 0 Å². The smallest absolute Gasteiger partial charge is 0.462 e. The summed E-state index contributed by atoms with van der Waals surface area (Å²) in [4.78, 5) is 35.2. The van der Waals surface area contributed by atoms with Crippen LogP contribution in [0.15, 0.2) is 60.8 Å². The van der Waals surface area contributed by atoms with Gasteiger partial charge in [-0.05, 0) is 83.5 Å². The van der Waals surface area contributed by atoms with Crippen molar-refractivity contribution in [1.82, 2.24) is 0 Å².